The maximum Gasteiger partial charge on any atom is 0.338 e. The fourth-order valence-corrected chi connectivity index (χ4v) is 2.44. The number of benzene rings is 1. The number of carbonyl (C=O) groups excluding carboxylic acids is 1. The molecule has 0 aromatic heterocycles. The predicted molar refractivity (Wildman–Crippen MR) is 71.5 cm³/mol. The van der Waals surface area contributed by atoms with E-state index in [0.29, 0.717) is 5.56 Å². The van der Waals surface area contributed by atoms with Crippen molar-refractivity contribution in [1.82, 2.24) is 4.90 Å². The van der Waals surface area contributed by atoms with Crippen LogP contribution < -0.4 is 0 Å². The van der Waals surface area contributed by atoms with E-state index in [1.165, 1.54) is 26.4 Å². The van der Waals surface area contributed by atoms with E-state index in [1.54, 1.807) is 0 Å². The van der Waals surface area contributed by atoms with Crippen molar-refractivity contribution < 1.29 is 9.53 Å². The van der Waals surface area contributed by atoms with Gasteiger partial charge in [0, 0.05) is 13.1 Å². The lowest BCUT2D eigenvalue weighted by atomic mass is 9.85. The zero-order valence-electron chi connectivity index (χ0n) is 11.2. The summed E-state index contributed by atoms with van der Waals surface area (Å²) < 4.78 is 4.81. The number of esters is 1. The molecule has 18 heavy (non-hydrogen) atoms. The maximum absolute atomic E-state index is 11.7. The summed E-state index contributed by atoms with van der Waals surface area (Å²) in [6, 6.07) is 7.68. The fourth-order valence-electron chi connectivity index (χ4n) is 2.44. The monoisotopic (exact) mass is 247 g/mol. The summed E-state index contributed by atoms with van der Waals surface area (Å²) in [5, 5.41) is 0. The Hall–Kier alpha value is -1.35. The summed E-state index contributed by atoms with van der Waals surface area (Å²) in [6.45, 7) is 1.93. The lowest BCUT2D eigenvalue weighted by Gasteiger charge is -2.30. The number of ether oxygens (including phenoxy) is 1. The second-order valence-corrected chi connectivity index (χ2v) is 5.14. The third-order valence-electron chi connectivity index (χ3n) is 3.66. The Morgan fingerprint density at radius 3 is 2.72 bits per heavy atom. The van der Waals surface area contributed by atoms with Gasteiger partial charge in [0.1, 0.15) is 0 Å². The molecule has 2 rings (SSSR count). The molecule has 1 aromatic rings. The number of hydrogen-bond donors (Lipinski definition) is 0. The Morgan fingerprint density at radius 1 is 1.39 bits per heavy atom. The van der Waals surface area contributed by atoms with Gasteiger partial charge >= 0.3 is 5.97 Å². The lowest BCUT2D eigenvalue weighted by molar-refractivity contribution is 0.0598. The SMILES string of the molecule is COC(=O)c1ccccc1CN(C)CC1CCC1. The van der Waals surface area contributed by atoms with Crippen molar-refractivity contribution in [3.05, 3.63) is 35.4 Å². The minimum absolute atomic E-state index is 0.248. The van der Waals surface area contributed by atoms with E-state index in [4.69, 9.17) is 4.74 Å². The van der Waals surface area contributed by atoms with E-state index in [0.717, 1.165) is 24.6 Å². The zero-order valence-corrected chi connectivity index (χ0v) is 11.2. The van der Waals surface area contributed by atoms with Gasteiger partial charge in [-0.3, -0.25) is 0 Å². The van der Waals surface area contributed by atoms with Gasteiger partial charge in [-0.05, 0) is 37.4 Å². The summed E-state index contributed by atoms with van der Waals surface area (Å²) in [6.07, 6.45) is 4.07. The molecule has 1 saturated carbocycles. The molecule has 0 amide bonds. The Kier molecular flexibility index (Phi) is 4.37. The number of rotatable bonds is 5. The van der Waals surface area contributed by atoms with Gasteiger partial charge in [-0.15, -0.1) is 0 Å². The van der Waals surface area contributed by atoms with Crippen LogP contribution in [0.4, 0.5) is 0 Å². The van der Waals surface area contributed by atoms with Crippen LogP contribution in [-0.4, -0.2) is 31.6 Å². The average molecular weight is 247 g/mol. The van der Waals surface area contributed by atoms with Crippen molar-refractivity contribution in [2.75, 3.05) is 20.7 Å². The van der Waals surface area contributed by atoms with Crippen molar-refractivity contribution in [2.45, 2.75) is 25.8 Å². The normalized spacial score (nSPS) is 15.5. The first kappa shape index (κ1) is 13.1. The molecule has 1 aliphatic carbocycles. The van der Waals surface area contributed by atoms with Gasteiger partial charge in [-0.25, -0.2) is 4.79 Å². The highest BCUT2D eigenvalue weighted by Gasteiger charge is 2.20. The molecule has 0 bridgehead atoms. The molecule has 3 nitrogen and oxygen atoms in total. The number of methoxy groups -OCH3 is 1. The summed E-state index contributed by atoms with van der Waals surface area (Å²) in [7, 11) is 3.55. The lowest BCUT2D eigenvalue weighted by Crippen LogP contribution is -2.29. The predicted octanol–water partition coefficient (Wildman–Crippen LogP) is 2.71. The van der Waals surface area contributed by atoms with Gasteiger partial charge in [0.15, 0.2) is 0 Å². The minimum atomic E-state index is -0.248. The number of hydrogen-bond acceptors (Lipinski definition) is 3. The quantitative estimate of drug-likeness (QED) is 0.749. The second kappa shape index (κ2) is 6.01. The summed E-state index contributed by atoms with van der Waals surface area (Å²) in [5.41, 5.74) is 1.73. The van der Waals surface area contributed by atoms with Crippen LogP contribution in [-0.2, 0) is 11.3 Å². The van der Waals surface area contributed by atoms with E-state index in [-0.39, 0.29) is 5.97 Å². The summed E-state index contributed by atoms with van der Waals surface area (Å²) >= 11 is 0. The standard InChI is InChI=1S/C15H21NO2/c1-16(10-12-6-5-7-12)11-13-8-3-4-9-14(13)15(17)18-2/h3-4,8-9,12H,5-7,10-11H2,1-2H3. The molecule has 0 heterocycles. The van der Waals surface area contributed by atoms with Crippen molar-refractivity contribution >= 4 is 5.97 Å². The van der Waals surface area contributed by atoms with Gasteiger partial charge in [-0.2, -0.15) is 0 Å². The maximum atomic E-state index is 11.7. The average Bonchev–Trinajstić information content (AvgIpc) is 2.34. The fraction of sp³-hybridized carbons (Fsp3) is 0.533. The topological polar surface area (TPSA) is 29.5 Å². The number of nitrogens with zero attached hydrogens (tertiary/aromatic N) is 1. The highest BCUT2D eigenvalue weighted by Crippen LogP contribution is 2.27. The van der Waals surface area contributed by atoms with Crippen molar-refractivity contribution in [2.24, 2.45) is 5.92 Å². The third kappa shape index (κ3) is 3.10. The number of carbonyl (C=O) groups is 1. The Bertz CT molecular complexity index is 413. The minimum Gasteiger partial charge on any atom is -0.465 e. The van der Waals surface area contributed by atoms with Crippen LogP contribution in [0.25, 0.3) is 0 Å². The summed E-state index contributed by atoms with van der Waals surface area (Å²) in [5.74, 6) is 0.600. The molecule has 0 atom stereocenters. The van der Waals surface area contributed by atoms with Gasteiger partial charge in [0.2, 0.25) is 0 Å². The molecule has 0 unspecified atom stereocenters. The smallest absolute Gasteiger partial charge is 0.338 e. The molecule has 3 heteroatoms. The van der Waals surface area contributed by atoms with E-state index in [1.807, 2.05) is 24.3 Å². The van der Waals surface area contributed by atoms with Crippen LogP contribution in [0.15, 0.2) is 24.3 Å². The molecule has 1 aliphatic rings. The van der Waals surface area contributed by atoms with E-state index in [2.05, 4.69) is 11.9 Å². The molecule has 1 fully saturated rings. The second-order valence-electron chi connectivity index (χ2n) is 5.14. The Morgan fingerprint density at radius 2 is 2.11 bits per heavy atom. The molecule has 0 aliphatic heterocycles. The van der Waals surface area contributed by atoms with Gasteiger partial charge in [0.05, 0.1) is 12.7 Å². The van der Waals surface area contributed by atoms with E-state index >= 15 is 0 Å². The first-order valence-electron chi connectivity index (χ1n) is 6.55. The van der Waals surface area contributed by atoms with Crippen LogP contribution >= 0.6 is 0 Å². The molecule has 0 radical (unpaired) electrons. The van der Waals surface area contributed by atoms with Crippen LogP contribution in [0.2, 0.25) is 0 Å². The highest BCUT2D eigenvalue weighted by atomic mass is 16.5. The first-order chi connectivity index (χ1) is 8.70. The van der Waals surface area contributed by atoms with Gasteiger partial charge in [0.25, 0.3) is 0 Å². The van der Waals surface area contributed by atoms with Gasteiger partial charge in [-0.1, -0.05) is 24.6 Å². The van der Waals surface area contributed by atoms with Crippen LogP contribution in [0, 0.1) is 5.92 Å². The van der Waals surface area contributed by atoms with E-state index < -0.39 is 0 Å². The molecule has 98 valence electrons. The molecule has 0 spiro atoms. The third-order valence-corrected chi connectivity index (χ3v) is 3.66. The molecule has 0 N–H and O–H groups in total. The highest BCUT2D eigenvalue weighted by molar-refractivity contribution is 5.90. The first-order valence-corrected chi connectivity index (χ1v) is 6.55. The Labute approximate surface area is 109 Å². The van der Waals surface area contributed by atoms with Crippen LogP contribution in [0.3, 0.4) is 0 Å². The van der Waals surface area contributed by atoms with Crippen molar-refractivity contribution in [1.29, 1.82) is 0 Å². The molecular weight excluding hydrogens is 226 g/mol. The molecule has 1 aromatic carbocycles. The summed E-state index contributed by atoms with van der Waals surface area (Å²) in [4.78, 5) is 14.0. The Balaban J connectivity index is 2.00. The van der Waals surface area contributed by atoms with Crippen LogP contribution in [0.1, 0.15) is 35.2 Å². The molecule has 0 saturated heterocycles. The molecular formula is C15H21NO2. The van der Waals surface area contributed by atoms with Crippen molar-refractivity contribution in [3.8, 4) is 0 Å². The largest absolute Gasteiger partial charge is 0.465 e. The van der Waals surface area contributed by atoms with Gasteiger partial charge < -0.3 is 9.64 Å². The van der Waals surface area contributed by atoms with E-state index in [9.17, 15) is 4.79 Å². The zero-order chi connectivity index (χ0) is 13.0. The van der Waals surface area contributed by atoms with Crippen LogP contribution in [0.5, 0.6) is 0 Å². The van der Waals surface area contributed by atoms with Crippen molar-refractivity contribution in [3.63, 3.8) is 0 Å².